The smallest absolute Gasteiger partial charge is 0.405 e. The van der Waals surface area contributed by atoms with Crippen LogP contribution in [0.2, 0.25) is 5.02 Å². The van der Waals surface area contributed by atoms with E-state index in [1.54, 1.807) is 30.6 Å². The predicted octanol–water partition coefficient (Wildman–Crippen LogP) is 5.16. The lowest BCUT2D eigenvalue weighted by molar-refractivity contribution is -0.139. The van der Waals surface area contributed by atoms with Gasteiger partial charge in [-0.2, -0.15) is 13.2 Å². The highest BCUT2D eigenvalue weighted by Crippen LogP contribution is 2.38. The predicted molar refractivity (Wildman–Crippen MR) is 118 cm³/mol. The maximum absolute atomic E-state index is 12.3. The lowest BCUT2D eigenvalue weighted by atomic mass is 10.1. The Hall–Kier alpha value is -2.79. The monoisotopic (exact) mass is 532 g/mol. The zero-order valence-electron chi connectivity index (χ0n) is 16.8. The summed E-state index contributed by atoms with van der Waals surface area (Å²) in [6.07, 6.45) is -3.13. The van der Waals surface area contributed by atoms with Gasteiger partial charge in [-0.1, -0.05) is 11.6 Å². The van der Waals surface area contributed by atoms with Gasteiger partial charge in [0.25, 0.3) is 5.91 Å². The summed E-state index contributed by atoms with van der Waals surface area (Å²) in [4.78, 5) is 20.3. The van der Waals surface area contributed by atoms with Gasteiger partial charge in [-0.3, -0.25) is 4.79 Å². The van der Waals surface area contributed by atoms with Crippen LogP contribution >= 0.6 is 27.5 Å². The SMILES string of the molecule is COc1c(Br)cc2ncnc(Nc3ccc(Cl)cc3OCC(=O)NCC(F)(F)F)c2c1C. The Kier molecular flexibility index (Phi) is 7.29. The molecule has 0 spiro atoms. The molecular formula is C20H17BrClF3N4O3. The van der Waals surface area contributed by atoms with Crippen molar-refractivity contribution >= 4 is 55.8 Å². The maximum Gasteiger partial charge on any atom is 0.405 e. The number of halogens is 5. The number of nitrogens with one attached hydrogen (secondary N) is 2. The van der Waals surface area contributed by atoms with Crippen LogP contribution in [0, 0.1) is 6.92 Å². The number of aromatic nitrogens is 2. The highest BCUT2D eigenvalue weighted by molar-refractivity contribution is 9.10. The average Bonchev–Trinajstić information content (AvgIpc) is 2.72. The van der Waals surface area contributed by atoms with Gasteiger partial charge < -0.3 is 20.1 Å². The number of nitrogens with zero attached hydrogens (tertiary/aromatic N) is 2. The van der Waals surface area contributed by atoms with Crippen molar-refractivity contribution in [1.82, 2.24) is 15.3 Å². The van der Waals surface area contributed by atoms with E-state index in [4.69, 9.17) is 21.1 Å². The van der Waals surface area contributed by atoms with Crippen molar-refractivity contribution in [2.75, 3.05) is 25.6 Å². The number of carbonyl (C=O) groups excluding carboxylic acids is 1. The molecule has 32 heavy (non-hydrogen) atoms. The van der Waals surface area contributed by atoms with Gasteiger partial charge in [-0.15, -0.1) is 0 Å². The van der Waals surface area contributed by atoms with Crippen molar-refractivity contribution in [2.45, 2.75) is 13.1 Å². The Morgan fingerprint density at radius 2 is 2.00 bits per heavy atom. The highest BCUT2D eigenvalue weighted by Gasteiger charge is 2.27. The molecule has 0 bridgehead atoms. The van der Waals surface area contributed by atoms with E-state index in [1.807, 2.05) is 6.92 Å². The molecule has 2 aromatic carbocycles. The first-order valence-corrected chi connectivity index (χ1v) is 10.3. The number of rotatable bonds is 7. The number of hydrogen-bond acceptors (Lipinski definition) is 6. The van der Waals surface area contributed by atoms with Crippen LogP contribution in [-0.2, 0) is 4.79 Å². The molecule has 0 unspecified atom stereocenters. The number of fused-ring (bicyclic) bond motifs is 1. The van der Waals surface area contributed by atoms with Crippen LogP contribution < -0.4 is 20.1 Å². The zero-order chi connectivity index (χ0) is 23.5. The number of hydrogen-bond donors (Lipinski definition) is 2. The molecule has 12 heteroatoms. The average molecular weight is 534 g/mol. The Balaban J connectivity index is 1.89. The number of amides is 1. The Morgan fingerprint density at radius 1 is 1.25 bits per heavy atom. The maximum atomic E-state index is 12.3. The minimum absolute atomic E-state index is 0.160. The third-order valence-corrected chi connectivity index (χ3v) is 5.14. The second-order valence-electron chi connectivity index (χ2n) is 6.58. The molecule has 0 aliphatic heterocycles. The van der Waals surface area contributed by atoms with E-state index in [0.29, 0.717) is 33.2 Å². The summed E-state index contributed by atoms with van der Waals surface area (Å²) in [6.45, 7) is -0.223. The van der Waals surface area contributed by atoms with Crippen LogP contribution in [0.3, 0.4) is 0 Å². The molecule has 0 fully saturated rings. The van der Waals surface area contributed by atoms with Crippen molar-refractivity contribution in [3.05, 3.63) is 45.7 Å². The molecule has 0 saturated carbocycles. The standard InChI is InChI=1S/C20H17BrClF3N4O3/c1-10-17-14(6-12(21)18(10)31-2)27-9-28-19(17)29-13-4-3-11(22)5-15(13)32-7-16(30)26-8-20(23,24)25/h3-6,9H,7-8H2,1-2H3,(H,26,30)(H,27,28,29). The molecule has 0 atom stereocenters. The molecule has 1 aromatic heterocycles. The molecule has 1 amide bonds. The van der Waals surface area contributed by atoms with Crippen LogP contribution in [0.5, 0.6) is 11.5 Å². The van der Waals surface area contributed by atoms with Crippen molar-refractivity contribution < 1.29 is 27.4 Å². The fraction of sp³-hybridized carbons (Fsp3) is 0.250. The van der Waals surface area contributed by atoms with Gasteiger partial charge in [0, 0.05) is 22.0 Å². The van der Waals surface area contributed by atoms with Crippen LogP contribution in [0.4, 0.5) is 24.7 Å². The van der Waals surface area contributed by atoms with Gasteiger partial charge in [-0.05, 0) is 41.1 Å². The molecule has 7 nitrogen and oxygen atoms in total. The van der Waals surface area contributed by atoms with E-state index < -0.39 is 25.2 Å². The quantitative estimate of drug-likeness (QED) is 0.436. The molecule has 3 aromatic rings. The highest BCUT2D eigenvalue weighted by atomic mass is 79.9. The Bertz CT molecular complexity index is 1160. The molecule has 170 valence electrons. The number of carbonyl (C=O) groups is 1. The third kappa shape index (κ3) is 5.71. The fourth-order valence-corrected chi connectivity index (χ4v) is 3.78. The first-order chi connectivity index (χ1) is 15.1. The molecule has 0 aliphatic rings. The van der Waals surface area contributed by atoms with Gasteiger partial charge in [0.1, 0.15) is 30.2 Å². The molecule has 0 aliphatic carbocycles. The van der Waals surface area contributed by atoms with Crippen molar-refractivity contribution in [3.63, 3.8) is 0 Å². The summed E-state index contributed by atoms with van der Waals surface area (Å²) in [5.74, 6) is 0.288. The number of aryl methyl sites for hydroxylation is 1. The number of alkyl halides is 3. The van der Waals surface area contributed by atoms with E-state index in [1.165, 1.54) is 12.4 Å². The van der Waals surface area contributed by atoms with Crippen LogP contribution in [0.15, 0.2) is 35.1 Å². The van der Waals surface area contributed by atoms with Gasteiger partial charge >= 0.3 is 6.18 Å². The second-order valence-corrected chi connectivity index (χ2v) is 7.87. The van der Waals surface area contributed by atoms with E-state index >= 15 is 0 Å². The van der Waals surface area contributed by atoms with E-state index in [2.05, 4.69) is 31.2 Å². The summed E-state index contributed by atoms with van der Waals surface area (Å²) in [7, 11) is 1.55. The number of ether oxygens (including phenoxy) is 2. The summed E-state index contributed by atoms with van der Waals surface area (Å²) in [5.41, 5.74) is 1.83. The lowest BCUT2D eigenvalue weighted by Gasteiger charge is -2.16. The number of methoxy groups -OCH3 is 1. The van der Waals surface area contributed by atoms with Crippen molar-refractivity contribution in [1.29, 1.82) is 0 Å². The fourth-order valence-electron chi connectivity index (χ4n) is 2.94. The topological polar surface area (TPSA) is 85.4 Å². The number of anilines is 2. The number of benzene rings is 2. The third-order valence-electron chi connectivity index (χ3n) is 4.32. The molecule has 0 radical (unpaired) electrons. The largest absolute Gasteiger partial charge is 0.495 e. The van der Waals surface area contributed by atoms with Gasteiger partial charge in [0.15, 0.2) is 6.61 Å². The zero-order valence-corrected chi connectivity index (χ0v) is 19.2. The molecule has 3 rings (SSSR count). The van der Waals surface area contributed by atoms with Gasteiger partial charge in [0.05, 0.1) is 22.8 Å². The van der Waals surface area contributed by atoms with Crippen LogP contribution in [0.25, 0.3) is 10.9 Å². The van der Waals surface area contributed by atoms with Crippen LogP contribution in [-0.4, -0.2) is 42.3 Å². The van der Waals surface area contributed by atoms with Gasteiger partial charge in [0.2, 0.25) is 0 Å². The van der Waals surface area contributed by atoms with Crippen molar-refractivity contribution in [3.8, 4) is 11.5 Å². The molecular weight excluding hydrogens is 517 g/mol. The summed E-state index contributed by atoms with van der Waals surface area (Å²) < 4.78 is 48.4. The second kappa shape index (κ2) is 9.78. The summed E-state index contributed by atoms with van der Waals surface area (Å²) in [5, 5.41) is 5.87. The summed E-state index contributed by atoms with van der Waals surface area (Å²) in [6, 6.07) is 6.42. The molecule has 0 saturated heterocycles. The van der Waals surface area contributed by atoms with E-state index in [0.717, 1.165) is 10.0 Å². The summed E-state index contributed by atoms with van der Waals surface area (Å²) >= 11 is 9.48. The van der Waals surface area contributed by atoms with E-state index in [9.17, 15) is 18.0 Å². The first-order valence-electron chi connectivity index (χ1n) is 9.09. The van der Waals surface area contributed by atoms with Crippen molar-refractivity contribution in [2.24, 2.45) is 0 Å². The molecule has 1 heterocycles. The van der Waals surface area contributed by atoms with E-state index in [-0.39, 0.29) is 5.75 Å². The first kappa shape index (κ1) is 23.9. The molecule has 2 N–H and O–H groups in total. The van der Waals surface area contributed by atoms with Gasteiger partial charge in [-0.25, -0.2) is 9.97 Å². The normalized spacial score (nSPS) is 11.3. The Morgan fingerprint density at radius 3 is 2.69 bits per heavy atom. The lowest BCUT2D eigenvalue weighted by Crippen LogP contribution is -2.36. The minimum Gasteiger partial charge on any atom is -0.495 e. The Labute approximate surface area is 194 Å². The minimum atomic E-state index is -4.51. The van der Waals surface area contributed by atoms with Crippen LogP contribution in [0.1, 0.15) is 5.56 Å².